The first kappa shape index (κ1) is 20.4. The fourth-order valence-electron chi connectivity index (χ4n) is 8.32. The van der Waals surface area contributed by atoms with Gasteiger partial charge >= 0.3 is 5.97 Å². The summed E-state index contributed by atoms with van der Waals surface area (Å²) in [6.45, 7) is 3.46. The molecule has 2 bridgehead atoms. The van der Waals surface area contributed by atoms with Crippen LogP contribution in [0, 0.1) is 28.6 Å². The van der Waals surface area contributed by atoms with Gasteiger partial charge < -0.3 is 14.2 Å². The first-order valence-corrected chi connectivity index (χ1v) is 11.4. The van der Waals surface area contributed by atoms with E-state index < -0.39 is 5.97 Å². The largest absolute Gasteiger partial charge is 0.458 e. The van der Waals surface area contributed by atoms with Crippen LogP contribution in [0.1, 0.15) is 65.2 Å². The van der Waals surface area contributed by atoms with Gasteiger partial charge in [-0.25, -0.2) is 0 Å². The lowest BCUT2D eigenvalue weighted by Gasteiger charge is -2.58. The highest BCUT2D eigenvalue weighted by molar-refractivity contribution is 5.92. The number of carbonyl (C=O) groups excluding carboxylic acids is 3. The smallest absolute Gasteiger partial charge is 0.303 e. The van der Waals surface area contributed by atoms with Crippen molar-refractivity contribution in [3.63, 3.8) is 0 Å². The maximum absolute atomic E-state index is 13.0. The molecule has 7 atom stereocenters. The number of fused-ring (bicyclic) bond motifs is 1. The maximum atomic E-state index is 13.0. The van der Waals surface area contributed by atoms with Crippen LogP contribution in [0.4, 0.5) is 0 Å². The lowest BCUT2D eigenvalue weighted by atomic mass is 9.45. The monoisotopic (exact) mass is 416 g/mol. The summed E-state index contributed by atoms with van der Waals surface area (Å²) in [7, 11) is 1.72. The predicted octanol–water partition coefficient (Wildman–Crippen LogP) is 3.37. The molecule has 6 heteroatoms. The Morgan fingerprint density at radius 2 is 1.93 bits per heavy atom. The number of carbonyl (C=O) groups is 3. The van der Waals surface area contributed by atoms with Crippen LogP contribution >= 0.6 is 0 Å². The zero-order chi connectivity index (χ0) is 21.3. The number of ether oxygens (including phenoxy) is 3. The van der Waals surface area contributed by atoms with Crippen molar-refractivity contribution in [1.82, 2.24) is 0 Å². The molecule has 4 fully saturated rings. The maximum Gasteiger partial charge on any atom is 0.303 e. The van der Waals surface area contributed by atoms with Gasteiger partial charge in [-0.3, -0.25) is 14.4 Å². The second kappa shape index (κ2) is 6.73. The number of rotatable bonds is 4. The molecule has 0 unspecified atom stereocenters. The van der Waals surface area contributed by atoms with Crippen molar-refractivity contribution in [2.45, 2.75) is 77.1 Å². The van der Waals surface area contributed by atoms with Crippen LogP contribution in [0.15, 0.2) is 11.6 Å². The minimum Gasteiger partial charge on any atom is -0.458 e. The fraction of sp³-hybridized carbons (Fsp3) is 0.792. The SMILES string of the molecule is CO[C@H]1O[C@]23CCC4=CC(=O)CC[C@@]41[C@@H]2CC[C@]1(C)[C@H](C(=O)COC(C)=O)CC[C@@H]13. The summed E-state index contributed by atoms with van der Waals surface area (Å²) < 4.78 is 17.8. The Kier molecular flexibility index (Phi) is 4.57. The molecule has 0 aromatic carbocycles. The van der Waals surface area contributed by atoms with E-state index in [-0.39, 0.29) is 52.7 Å². The summed E-state index contributed by atoms with van der Waals surface area (Å²) in [6.07, 6.45) is 8.41. The van der Waals surface area contributed by atoms with E-state index in [1.165, 1.54) is 12.5 Å². The molecule has 4 aliphatic carbocycles. The Morgan fingerprint density at radius 3 is 2.67 bits per heavy atom. The number of ketones is 2. The van der Waals surface area contributed by atoms with E-state index in [2.05, 4.69) is 6.92 Å². The summed E-state index contributed by atoms with van der Waals surface area (Å²) in [5.74, 6) is 0.383. The third-order valence-corrected chi connectivity index (χ3v) is 9.38. The normalized spacial score (nSPS) is 46.5. The molecule has 6 nitrogen and oxygen atoms in total. The predicted molar refractivity (Wildman–Crippen MR) is 107 cm³/mol. The van der Waals surface area contributed by atoms with Gasteiger partial charge in [-0.2, -0.15) is 0 Å². The van der Waals surface area contributed by atoms with Crippen molar-refractivity contribution >= 4 is 17.5 Å². The van der Waals surface area contributed by atoms with Crippen molar-refractivity contribution < 1.29 is 28.6 Å². The van der Waals surface area contributed by atoms with Crippen molar-refractivity contribution in [2.75, 3.05) is 13.7 Å². The van der Waals surface area contributed by atoms with Crippen LogP contribution in [0.5, 0.6) is 0 Å². The molecular weight excluding hydrogens is 384 g/mol. The first-order valence-electron chi connectivity index (χ1n) is 11.4. The second-order valence-electron chi connectivity index (χ2n) is 10.3. The summed E-state index contributed by atoms with van der Waals surface area (Å²) in [5, 5.41) is 0. The van der Waals surface area contributed by atoms with Gasteiger partial charge in [0.15, 0.2) is 17.9 Å². The minimum absolute atomic E-state index is 0.0423. The molecular formula is C24H32O6. The van der Waals surface area contributed by atoms with E-state index in [9.17, 15) is 14.4 Å². The molecule has 3 saturated carbocycles. The molecule has 30 heavy (non-hydrogen) atoms. The molecule has 1 spiro atoms. The summed E-state index contributed by atoms with van der Waals surface area (Å²) in [6, 6.07) is 0. The molecule has 164 valence electrons. The van der Waals surface area contributed by atoms with Crippen LogP contribution in [-0.4, -0.2) is 43.1 Å². The van der Waals surface area contributed by atoms with Crippen molar-refractivity contribution in [2.24, 2.45) is 28.6 Å². The topological polar surface area (TPSA) is 78.9 Å². The van der Waals surface area contributed by atoms with Crippen molar-refractivity contribution in [1.29, 1.82) is 0 Å². The van der Waals surface area contributed by atoms with Crippen LogP contribution < -0.4 is 0 Å². The summed E-state index contributed by atoms with van der Waals surface area (Å²) >= 11 is 0. The average Bonchev–Trinajstić information content (AvgIpc) is 3.16. The quantitative estimate of drug-likeness (QED) is 0.654. The zero-order valence-electron chi connectivity index (χ0n) is 18.2. The third kappa shape index (κ3) is 2.46. The second-order valence-corrected chi connectivity index (χ2v) is 10.3. The van der Waals surface area contributed by atoms with Crippen molar-refractivity contribution in [3.05, 3.63) is 11.6 Å². The molecule has 1 saturated heterocycles. The van der Waals surface area contributed by atoms with E-state index in [1.807, 2.05) is 6.08 Å². The molecule has 0 N–H and O–H groups in total. The molecule has 0 radical (unpaired) electrons. The van der Waals surface area contributed by atoms with Crippen LogP contribution in [0.25, 0.3) is 0 Å². The molecule has 0 aromatic rings. The van der Waals surface area contributed by atoms with E-state index in [1.54, 1.807) is 7.11 Å². The highest BCUT2D eigenvalue weighted by Crippen LogP contribution is 2.74. The standard InChI is InChI=1S/C24H32O6/c1-14(25)29-13-18(27)17-4-5-19-22(17,2)9-8-20-23-10-7-16(26)12-15(23)6-11-24(19,20)30-21(23)28-3/h12,17,19-21H,4-11,13H2,1-3H3/t17-,19-,20-,21-,22+,23-,24-/m0/s1. The number of methoxy groups -OCH3 is 1. The van der Waals surface area contributed by atoms with Gasteiger partial charge in [-0.05, 0) is 62.4 Å². The van der Waals surface area contributed by atoms with Gasteiger partial charge in [-0.1, -0.05) is 12.5 Å². The van der Waals surface area contributed by atoms with Gasteiger partial charge in [0.05, 0.1) is 5.60 Å². The summed E-state index contributed by atoms with van der Waals surface area (Å²) in [5.41, 5.74) is 0.598. The Balaban J connectivity index is 1.50. The molecule has 0 amide bonds. The van der Waals surface area contributed by atoms with Gasteiger partial charge in [0.25, 0.3) is 0 Å². The van der Waals surface area contributed by atoms with Crippen molar-refractivity contribution in [3.8, 4) is 0 Å². The van der Waals surface area contributed by atoms with Crippen LogP contribution in [0.3, 0.4) is 0 Å². The highest BCUT2D eigenvalue weighted by Gasteiger charge is 2.74. The van der Waals surface area contributed by atoms with Crippen LogP contribution in [-0.2, 0) is 28.6 Å². The van der Waals surface area contributed by atoms with E-state index in [4.69, 9.17) is 14.2 Å². The fourth-order valence-corrected chi connectivity index (χ4v) is 8.32. The molecule has 5 rings (SSSR count). The Bertz CT molecular complexity index is 832. The lowest BCUT2D eigenvalue weighted by Crippen LogP contribution is -2.59. The van der Waals surface area contributed by atoms with E-state index in [0.29, 0.717) is 12.3 Å². The highest BCUT2D eigenvalue weighted by atomic mass is 16.7. The number of hydrogen-bond acceptors (Lipinski definition) is 6. The van der Waals surface area contributed by atoms with E-state index in [0.717, 1.165) is 44.9 Å². The van der Waals surface area contributed by atoms with E-state index >= 15 is 0 Å². The molecule has 0 aromatic heterocycles. The van der Waals surface area contributed by atoms with Crippen LogP contribution in [0.2, 0.25) is 0 Å². The zero-order valence-corrected chi connectivity index (χ0v) is 18.2. The molecule has 5 aliphatic rings. The van der Waals surface area contributed by atoms with Gasteiger partial charge in [0.2, 0.25) is 0 Å². The number of hydrogen-bond donors (Lipinski definition) is 0. The first-order chi connectivity index (χ1) is 14.3. The number of Topliss-reactive ketones (excluding diaryl/α,β-unsaturated/α-hetero) is 1. The number of esters is 1. The third-order valence-electron chi connectivity index (χ3n) is 9.38. The van der Waals surface area contributed by atoms with Gasteiger partial charge in [-0.15, -0.1) is 0 Å². The Labute approximate surface area is 177 Å². The van der Waals surface area contributed by atoms with Gasteiger partial charge in [0, 0.05) is 37.7 Å². The minimum atomic E-state index is -0.409. The Hall–Kier alpha value is -1.53. The van der Waals surface area contributed by atoms with Gasteiger partial charge in [0.1, 0.15) is 6.61 Å². The summed E-state index contributed by atoms with van der Waals surface area (Å²) in [4.78, 5) is 36.3. The average molecular weight is 417 g/mol. The Morgan fingerprint density at radius 1 is 1.13 bits per heavy atom. The lowest BCUT2D eigenvalue weighted by molar-refractivity contribution is -0.209. The molecule has 1 heterocycles. The molecule has 1 aliphatic heterocycles.